The third-order valence-electron chi connectivity index (χ3n) is 5.30. The number of amides is 1. The van der Waals surface area contributed by atoms with Crippen molar-refractivity contribution in [3.8, 4) is 11.4 Å². The highest BCUT2D eigenvalue weighted by molar-refractivity contribution is 7.13. The number of aromatic nitrogens is 3. The van der Waals surface area contributed by atoms with E-state index in [4.69, 9.17) is 0 Å². The maximum Gasteiger partial charge on any atom is 0.261 e. The lowest BCUT2D eigenvalue weighted by Gasteiger charge is -2.33. The topological polar surface area (TPSA) is 91.0 Å². The number of aromatic amines is 1. The van der Waals surface area contributed by atoms with Crippen LogP contribution in [0.15, 0.2) is 41.3 Å². The normalized spacial score (nSPS) is 14.7. The number of thiophene rings is 1. The van der Waals surface area contributed by atoms with Gasteiger partial charge in [0.2, 0.25) is 0 Å². The molecule has 0 saturated carbocycles. The van der Waals surface area contributed by atoms with Crippen molar-refractivity contribution in [1.29, 1.82) is 0 Å². The molecule has 4 heterocycles. The van der Waals surface area contributed by atoms with Crippen molar-refractivity contribution in [3.05, 3.63) is 62.3 Å². The average molecular weight is 424 g/mol. The van der Waals surface area contributed by atoms with Gasteiger partial charge in [-0.25, -0.2) is 9.97 Å². The van der Waals surface area contributed by atoms with Gasteiger partial charge in [0, 0.05) is 47.5 Å². The minimum Gasteiger partial charge on any atom is -0.356 e. The first-order valence-electron chi connectivity index (χ1n) is 10.2. The predicted octanol–water partition coefficient (Wildman–Crippen LogP) is 3.16. The Bertz CT molecular complexity index is 1080. The second kappa shape index (κ2) is 8.79. The van der Waals surface area contributed by atoms with Crippen molar-refractivity contribution in [2.45, 2.75) is 39.2 Å². The molecule has 156 valence electrons. The first-order valence-corrected chi connectivity index (χ1v) is 11.0. The van der Waals surface area contributed by atoms with Gasteiger partial charge in [-0.1, -0.05) is 6.92 Å². The number of piperidine rings is 1. The van der Waals surface area contributed by atoms with Gasteiger partial charge in [-0.05, 0) is 50.5 Å². The Labute approximate surface area is 179 Å². The second-order valence-electron chi connectivity index (χ2n) is 7.49. The van der Waals surface area contributed by atoms with Gasteiger partial charge in [0.25, 0.3) is 11.5 Å². The number of anilines is 1. The van der Waals surface area contributed by atoms with Crippen LogP contribution in [0.4, 0.5) is 5.82 Å². The SMILES string of the molecule is CCc1cc(=O)[nH]c(-c2ccc(N3CCC(NC(=O)c4ccc(C)s4)CC3)nc2)n1. The van der Waals surface area contributed by atoms with Gasteiger partial charge >= 0.3 is 0 Å². The number of H-pyrrole nitrogens is 1. The molecule has 0 bridgehead atoms. The largest absolute Gasteiger partial charge is 0.356 e. The smallest absolute Gasteiger partial charge is 0.261 e. The van der Waals surface area contributed by atoms with Gasteiger partial charge in [0.1, 0.15) is 11.6 Å². The zero-order chi connectivity index (χ0) is 21.1. The molecule has 4 rings (SSSR count). The van der Waals surface area contributed by atoms with Crippen molar-refractivity contribution in [3.63, 3.8) is 0 Å². The lowest BCUT2D eigenvalue weighted by molar-refractivity contribution is 0.0935. The summed E-state index contributed by atoms with van der Waals surface area (Å²) in [6.45, 7) is 5.65. The van der Waals surface area contributed by atoms with Crippen LogP contribution in [0.25, 0.3) is 11.4 Å². The molecule has 7 nitrogen and oxygen atoms in total. The fraction of sp³-hybridized carbons (Fsp3) is 0.364. The molecular weight excluding hydrogens is 398 g/mol. The molecule has 1 amide bonds. The molecule has 0 spiro atoms. The van der Waals surface area contributed by atoms with Crippen LogP contribution in [0.1, 0.15) is 40.0 Å². The minimum atomic E-state index is -0.150. The summed E-state index contributed by atoms with van der Waals surface area (Å²) in [6, 6.07) is 9.46. The van der Waals surface area contributed by atoms with Crippen LogP contribution in [-0.4, -0.2) is 40.0 Å². The molecule has 0 radical (unpaired) electrons. The molecule has 0 aliphatic carbocycles. The Balaban J connectivity index is 1.36. The van der Waals surface area contributed by atoms with Gasteiger partial charge in [0.15, 0.2) is 0 Å². The third kappa shape index (κ3) is 4.59. The Morgan fingerprint density at radius 2 is 2.07 bits per heavy atom. The molecule has 1 fully saturated rings. The fourth-order valence-corrected chi connectivity index (χ4v) is 4.38. The van der Waals surface area contributed by atoms with Crippen LogP contribution >= 0.6 is 11.3 Å². The number of nitrogens with zero attached hydrogens (tertiary/aromatic N) is 3. The zero-order valence-corrected chi connectivity index (χ0v) is 18.0. The highest BCUT2D eigenvalue weighted by atomic mass is 32.1. The fourth-order valence-electron chi connectivity index (χ4n) is 3.60. The van der Waals surface area contributed by atoms with E-state index in [1.807, 2.05) is 38.1 Å². The predicted molar refractivity (Wildman–Crippen MR) is 119 cm³/mol. The number of rotatable bonds is 5. The van der Waals surface area contributed by atoms with Gasteiger partial charge in [0.05, 0.1) is 4.88 Å². The summed E-state index contributed by atoms with van der Waals surface area (Å²) in [5, 5.41) is 3.15. The van der Waals surface area contributed by atoms with E-state index in [1.165, 1.54) is 17.4 Å². The van der Waals surface area contributed by atoms with Crippen molar-refractivity contribution < 1.29 is 4.79 Å². The van der Waals surface area contributed by atoms with E-state index in [0.29, 0.717) is 12.2 Å². The maximum atomic E-state index is 12.4. The van der Waals surface area contributed by atoms with Crippen molar-refractivity contribution in [2.24, 2.45) is 0 Å². The summed E-state index contributed by atoms with van der Waals surface area (Å²) >= 11 is 1.52. The zero-order valence-electron chi connectivity index (χ0n) is 17.1. The number of pyridine rings is 1. The minimum absolute atomic E-state index is 0.0184. The molecule has 0 unspecified atom stereocenters. The standard InChI is InChI=1S/C22H25N5O2S/c1-3-16-12-20(28)26-21(24-16)15-5-7-19(23-13-15)27-10-8-17(9-11-27)25-22(29)18-6-4-14(2)30-18/h4-7,12-13,17H,3,8-11H2,1-2H3,(H,25,29)(H,24,26,28). The molecule has 0 aromatic carbocycles. The van der Waals surface area contributed by atoms with Gasteiger partial charge < -0.3 is 15.2 Å². The van der Waals surface area contributed by atoms with E-state index < -0.39 is 0 Å². The number of aryl methyl sites for hydroxylation is 2. The molecule has 0 atom stereocenters. The van der Waals surface area contributed by atoms with Gasteiger partial charge in [-0.15, -0.1) is 11.3 Å². The highest BCUT2D eigenvalue weighted by Gasteiger charge is 2.22. The lowest BCUT2D eigenvalue weighted by atomic mass is 10.0. The highest BCUT2D eigenvalue weighted by Crippen LogP contribution is 2.22. The Morgan fingerprint density at radius 1 is 1.27 bits per heavy atom. The summed E-state index contributed by atoms with van der Waals surface area (Å²) in [5.74, 6) is 1.46. The van der Waals surface area contributed by atoms with Gasteiger partial charge in [-0.2, -0.15) is 0 Å². The maximum absolute atomic E-state index is 12.4. The Morgan fingerprint density at radius 3 is 2.70 bits per heavy atom. The van der Waals surface area contributed by atoms with Crippen molar-refractivity contribution >= 4 is 23.1 Å². The Kier molecular flexibility index (Phi) is 5.94. The molecular formula is C22H25N5O2S. The molecule has 3 aromatic heterocycles. The van der Waals surface area contributed by atoms with Crippen LogP contribution in [-0.2, 0) is 6.42 Å². The third-order valence-corrected chi connectivity index (χ3v) is 6.30. The number of carbonyl (C=O) groups excluding carboxylic acids is 1. The van der Waals surface area contributed by atoms with E-state index >= 15 is 0 Å². The summed E-state index contributed by atoms with van der Waals surface area (Å²) < 4.78 is 0. The van der Waals surface area contributed by atoms with E-state index in [1.54, 1.807) is 6.20 Å². The molecule has 1 aliphatic heterocycles. The van der Waals surface area contributed by atoms with Crippen LogP contribution < -0.4 is 15.8 Å². The van der Waals surface area contributed by atoms with Crippen LogP contribution in [0.5, 0.6) is 0 Å². The van der Waals surface area contributed by atoms with Crippen LogP contribution in [0.2, 0.25) is 0 Å². The molecule has 8 heteroatoms. The van der Waals surface area contributed by atoms with Crippen molar-refractivity contribution in [2.75, 3.05) is 18.0 Å². The number of nitrogens with one attached hydrogen (secondary N) is 2. The molecule has 3 aromatic rings. The first kappa shape index (κ1) is 20.3. The van der Waals surface area contributed by atoms with E-state index in [-0.39, 0.29) is 17.5 Å². The van der Waals surface area contributed by atoms with Crippen molar-refractivity contribution in [1.82, 2.24) is 20.3 Å². The van der Waals surface area contributed by atoms with E-state index in [2.05, 4.69) is 25.2 Å². The summed E-state index contributed by atoms with van der Waals surface area (Å²) in [4.78, 5) is 40.1. The molecule has 2 N–H and O–H groups in total. The Hall–Kier alpha value is -3.00. The summed E-state index contributed by atoms with van der Waals surface area (Å²) in [5.41, 5.74) is 1.40. The van der Waals surface area contributed by atoms with Crippen LogP contribution in [0.3, 0.4) is 0 Å². The van der Waals surface area contributed by atoms with E-state index in [9.17, 15) is 9.59 Å². The van der Waals surface area contributed by atoms with Gasteiger partial charge in [-0.3, -0.25) is 9.59 Å². The average Bonchev–Trinajstić information content (AvgIpc) is 3.20. The second-order valence-corrected chi connectivity index (χ2v) is 8.78. The summed E-state index contributed by atoms with van der Waals surface area (Å²) in [7, 11) is 0. The first-order chi connectivity index (χ1) is 14.5. The monoisotopic (exact) mass is 423 g/mol. The quantitative estimate of drug-likeness (QED) is 0.658. The molecule has 1 saturated heterocycles. The molecule has 30 heavy (non-hydrogen) atoms. The lowest BCUT2D eigenvalue weighted by Crippen LogP contribution is -2.44. The van der Waals surface area contributed by atoms with E-state index in [0.717, 1.165) is 52.8 Å². The molecule has 1 aliphatic rings. The number of hydrogen-bond donors (Lipinski definition) is 2. The van der Waals surface area contributed by atoms with Crippen LogP contribution in [0, 0.1) is 6.92 Å². The summed E-state index contributed by atoms with van der Waals surface area (Å²) in [6.07, 6.45) is 4.22. The number of carbonyl (C=O) groups is 1. The number of hydrogen-bond acceptors (Lipinski definition) is 6.